The number of fused-ring (bicyclic) bond motifs is 1. The molecule has 1 N–H and O–H groups in total. The van der Waals surface area contributed by atoms with Gasteiger partial charge in [-0.1, -0.05) is 24.3 Å². The average Bonchev–Trinajstić information content (AvgIpc) is 2.91. The minimum absolute atomic E-state index is 0.0307. The molecule has 0 saturated heterocycles. The van der Waals surface area contributed by atoms with Crippen LogP contribution in [0.4, 0.5) is 23.2 Å². The molecule has 1 aliphatic rings. The van der Waals surface area contributed by atoms with Crippen molar-refractivity contribution in [2.45, 2.75) is 38.7 Å². The number of hydrogen-bond donors (Lipinski definition) is 1. The Labute approximate surface area is 199 Å². The van der Waals surface area contributed by atoms with E-state index in [0.29, 0.717) is 28.1 Å². The molecule has 5 nitrogen and oxygen atoms in total. The topological polar surface area (TPSA) is 58.6 Å². The van der Waals surface area contributed by atoms with Crippen LogP contribution in [0.2, 0.25) is 0 Å². The molecule has 1 atom stereocenters. The Hall–Kier alpha value is -3.88. The number of nitrogens with zero attached hydrogens (tertiary/aromatic N) is 1. The number of halogens is 4. The van der Waals surface area contributed by atoms with Crippen molar-refractivity contribution in [1.29, 1.82) is 0 Å². The molecule has 3 aromatic rings. The number of ether oxygens (including phenoxy) is 1. The van der Waals surface area contributed by atoms with E-state index in [1.165, 1.54) is 41.3 Å². The zero-order valence-electron chi connectivity index (χ0n) is 18.7. The van der Waals surface area contributed by atoms with E-state index in [1.54, 1.807) is 25.1 Å². The molecule has 0 aliphatic carbocycles. The van der Waals surface area contributed by atoms with E-state index in [0.717, 1.165) is 12.1 Å². The first-order valence-corrected chi connectivity index (χ1v) is 10.9. The molecule has 4 rings (SSSR count). The van der Waals surface area contributed by atoms with Gasteiger partial charge in [0.1, 0.15) is 11.6 Å². The van der Waals surface area contributed by atoms with Crippen molar-refractivity contribution in [1.82, 2.24) is 4.90 Å². The largest absolute Gasteiger partial charge is 0.481 e. The monoisotopic (exact) mass is 486 g/mol. The van der Waals surface area contributed by atoms with Gasteiger partial charge < -0.3 is 15.0 Å². The Morgan fingerprint density at radius 1 is 1.06 bits per heavy atom. The normalized spacial score (nSPS) is 15.7. The van der Waals surface area contributed by atoms with Crippen molar-refractivity contribution < 1.29 is 31.9 Å². The number of alkyl halides is 3. The third-order valence-corrected chi connectivity index (χ3v) is 5.57. The van der Waals surface area contributed by atoms with Gasteiger partial charge in [-0.25, -0.2) is 4.39 Å². The second kappa shape index (κ2) is 9.77. The van der Waals surface area contributed by atoms with E-state index >= 15 is 0 Å². The highest BCUT2D eigenvalue weighted by molar-refractivity contribution is 5.92. The second-order valence-corrected chi connectivity index (χ2v) is 8.33. The predicted molar refractivity (Wildman–Crippen MR) is 121 cm³/mol. The van der Waals surface area contributed by atoms with Crippen molar-refractivity contribution in [3.8, 4) is 5.75 Å². The molecule has 0 aromatic heterocycles. The van der Waals surface area contributed by atoms with Crippen LogP contribution in [-0.4, -0.2) is 22.8 Å². The van der Waals surface area contributed by atoms with Crippen molar-refractivity contribution in [3.05, 3.63) is 94.8 Å². The van der Waals surface area contributed by atoms with E-state index in [9.17, 15) is 27.2 Å². The minimum Gasteiger partial charge on any atom is -0.481 e. The average molecular weight is 486 g/mol. The van der Waals surface area contributed by atoms with Gasteiger partial charge in [0.05, 0.1) is 12.0 Å². The fourth-order valence-corrected chi connectivity index (χ4v) is 3.87. The summed E-state index contributed by atoms with van der Waals surface area (Å²) in [6, 6.07) is 15.4. The lowest BCUT2D eigenvalue weighted by Crippen LogP contribution is -2.37. The molecule has 9 heteroatoms. The molecule has 1 heterocycles. The highest BCUT2D eigenvalue weighted by atomic mass is 19.4. The van der Waals surface area contributed by atoms with Crippen molar-refractivity contribution >= 4 is 17.5 Å². The van der Waals surface area contributed by atoms with Crippen molar-refractivity contribution in [2.24, 2.45) is 0 Å². The first-order chi connectivity index (χ1) is 16.6. The van der Waals surface area contributed by atoms with Gasteiger partial charge in [0.15, 0.2) is 6.10 Å². The smallest absolute Gasteiger partial charge is 0.416 e. The van der Waals surface area contributed by atoms with Crippen molar-refractivity contribution in [3.63, 3.8) is 0 Å². The summed E-state index contributed by atoms with van der Waals surface area (Å²) in [6.07, 6.45) is -5.27. The van der Waals surface area contributed by atoms with Gasteiger partial charge >= 0.3 is 6.18 Å². The van der Waals surface area contributed by atoms with Crippen LogP contribution >= 0.6 is 0 Å². The minimum atomic E-state index is -4.48. The Balaban J connectivity index is 1.51. The maximum absolute atomic E-state index is 13.1. The number of amides is 2. The number of carbonyl (C=O) groups is 2. The molecule has 1 unspecified atom stereocenters. The molecule has 0 spiro atoms. The summed E-state index contributed by atoms with van der Waals surface area (Å²) in [5, 5.41) is 2.77. The number of hydrogen-bond acceptors (Lipinski definition) is 3. The second-order valence-electron chi connectivity index (χ2n) is 8.33. The Morgan fingerprint density at radius 3 is 2.51 bits per heavy atom. The quantitative estimate of drug-likeness (QED) is 0.496. The lowest BCUT2D eigenvalue weighted by Gasteiger charge is -2.22. The molecule has 35 heavy (non-hydrogen) atoms. The number of anilines is 1. The van der Waals surface area contributed by atoms with Crippen LogP contribution in [-0.2, 0) is 35.3 Å². The highest BCUT2D eigenvalue weighted by Gasteiger charge is 2.32. The number of benzene rings is 3. The molecule has 0 radical (unpaired) electrons. The van der Waals surface area contributed by atoms with Crippen LogP contribution in [0.1, 0.15) is 29.2 Å². The first kappa shape index (κ1) is 24.3. The summed E-state index contributed by atoms with van der Waals surface area (Å²) in [5.41, 5.74) is 1.28. The van der Waals surface area contributed by atoms with Gasteiger partial charge in [-0.3, -0.25) is 9.59 Å². The van der Waals surface area contributed by atoms with Gasteiger partial charge in [-0.2, -0.15) is 13.2 Å². The SMILES string of the molecule is CC1Oc2ccc(NC(=O)Cc3ccc(F)cc3)cc2CN(Cc2cccc(C(F)(F)F)c2)C1=O. The van der Waals surface area contributed by atoms with Crippen LogP contribution in [0.25, 0.3) is 0 Å². The molecule has 0 fully saturated rings. The van der Waals surface area contributed by atoms with Gasteiger partial charge in [0.25, 0.3) is 5.91 Å². The highest BCUT2D eigenvalue weighted by Crippen LogP contribution is 2.32. The van der Waals surface area contributed by atoms with Crippen LogP contribution in [0.5, 0.6) is 5.75 Å². The van der Waals surface area contributed by atoms with Gasteiger partial charge in [0.2, 0.25) is 5.91 Å². The Morgan fingerprint density at radius 2 is 1.80 bits per heavy atom. The van der Waals surface area contributed by atoms with Crippen molar-refractivity contribution in [2.75, 3.05) is 5.32 Å². The van der Waals surface area contributed by atoms with Gasteiger partial charge in [0, 0.05) is 24.3 Å². The standard InChI is InChI=1S/C26H22F4N2O3/c1-16-25(34)32(14-18-3-2-4-20(11-18)26(28,29)30)15-19-13-22(9-10-23(19)35-16)31-24(33)12-17-5-7-21(27)8-6-17/h2-11,13,16H,12,14-15H2,1H3,(H,31,33). The van der Waals surface area contributed by atoms with Crippen LogP contribution in [0.3, 0.4) is 0 Å². The molecule has 3 aromatic carbocycles. The number of rotatable bonds is 5. The molecular weight excluding hydrogens is 464 g/mol. The molecule has 1 aliphatic heterocycles. The van der Waals surface area contributed by atoms with E-state index in [1.807, 2.05) is 0 Å². The van der Waals surface area contributed by atoms with Gasteiger partial charge in [-0.15, -0.1) is 0 Å². The summed E-state index contributed by atoms with van der Waals surface area (Å²) in [4.78, 5) is 26.7. The van der Waals surface area contributed by atoms with Crippen LogP contribution < -0.4 is 10.1 Å². The van der Waals surface area contributed by atoms with E-state index in [4.69, 9.17) is 4.74 Å². The number of nitrogens with one attached hydrogen (secondary N) is 1. The fraction of sp³-hybridized carbons (Fsp3) is 0.231. The summed E-state index contributed by atoms with van der Waals surface area (Å²) in [6.45, 7) is 1.64. The van der Waals surface area contributed by atoms with Gasteiger partial charge in [-0.05, 0) is 60.5 Å². The summed E-state index contributed by atoms with van der Waals surface area (Å²) in [7, 11) is 0. The summed E-state index contributed by atoms with van der Waals surface area (Å²) < 4.78 is 58.1. The zero-order chi connectivity index (χ0) is 25.2. The molecule has 182 valence electrons. The lowest BCUT2D eigenvalue weighted by atomic mass is 10.1. The van der Waals surface area contributed by atoms with Crippen LogP contribution in [0.15, 0.2) is 66.7 Å². The molecule has 0 bridgehead atoms. The lowest BCUT2D eigenvalue weighted by molar-refractivity contribution is -0.138. The molecule has 0 saturated carbocycles. The number of carbonyl (C=O) groups excluding carboxylic acids is 2. The Bertz CT molecular complexity index is 1240. The third-order valence-electron chi connectivity index (χ3n) is 5.57. The molecule has 2 amide bonds. The Kier molecular flexibility index (Phi) is 6.77. The van der Waals surface area contributed by atoms with Crippen LogP contribution in [0, 0.1) is 5.82 Å². The van der Waals surface area contributed by atoms with E-state index in [2.05, 4.69) is 5.32 Å². The third kappa shape index (κ3) is 5.98. The summed E-state index contributed by atoms with van der Waals surface area (Å²) in [5.74, 6) is -0.607. The summed E-state index contributed by atoms with van der Waals surface area (Å²) >= 11 is 0. The van der Waals surface area contributed by atoms with E-state index < -0.39 is 23.7 Å². The van der Waals surface area contributed by atoms with E-state index in [-0.39, 0.29) is 31.3 Å². The maximum Gasteiger partial charge on any atom is 0.416 e. The first-order valence-electron chi connectivity index (χ1n) is 10.9. The predicted octanol–water partition coefficient (Wildman–Crippen LogP) is 5.34. The molecular formula is C26H22F4N2O3. The maximum atomic E-state index is 13.1. The zero-order valence-corrected chi connectivity index (χ0v) is 18.7. The fourth-order valence-electron chi connectivity index (χ4n) is 3.87.